The fraction of sp³-hybridized carbons (Fsp3) is 0.545. The first-order chi connectivity index (χ1) is 13.1. The molecule has 0 radical (unpaired) electrons. The lowest BCUT2D eigenvalue weighted by atomic mass is 9.83. The van der Waals surface area contributed by atoms with Crippen LogP contribution in [0.1, 0.15) is 46.7 Å². The van der Waals surface area contributed by atoms with E-state index in [2.05, 4.69) is 50.0 Å². The van der Waals surface area contributed by atoms with Gasteiger partial charge in [0.1, 0.15) is 5.82 Å². The molecule has 1 saturated heterocycles. The van der Waals surface area contributed by atoms with Gasteiger partial charge in [-0.3, -0.25) is 9.69 Å². The van der Waals surface area contributed by atoms with Gasteiger partial charge in [0.25, 0.3) is 0 Å². The summed E-state index contributed by atoms with van der Waals surface area (Å²) in [5.41, 5.74) is 1.53. The van der Waals surface area contributed by atoms with Crippen LogP contribution in [0.25, 0.3) is 11.3 Å². The van der Waals surface area contributed by atoms with Crippen molar-refractivity contribution in [1.29, 1.82) is 0 Å². The number of nitrogens with one attached hydrogen (secondary N) is 1. The zero-order chi connectivity index (χ0) is 20.5. The molecule has 0 spiro atoms. The summed E-state index contributed by atoms with van der Waals surface area (Å²) in [6.45, 7) is 12.0. The van der Waals surface area contributed by atoms with E-state index in [1.165, 1.54) is 12.1 Å². The minimum atomic E-state index is -0.285. The molecule has 0 aliphatic carbocycles. The van der Waals surface area contributed by atoms with Crippen molar-refractivity contribution in [1.82, 2.24) is 15.4 Å². The van der Waals surface area contributed by atoms with Crippen molar-refractivity contribution in [3.05, 3.63) is 41.8 Å². The molecule has 1 aliphatic rings. The molecule has 3 rings (SSSR count). The Kier molecular flexibility index (Phi) is 5.89. The Balaban J connectivity index is 1.80. The normalized spacial score (nSPS) is 21.2. The lowest BCUT2D eigenvalue weighted by molar-refractivity contribution is -0.133. The van der Waals surface area contributed by atoms with Gasteiger partial charge in [-0.25, -0.2) is 4.39 Å². The van der Waals surface area contributed by atoms with Crippen LogP contribution in [0.3, 0.4) is 0 Å². The van der Waals surface area contributed by atoms with Gasteiger partial charge in [0.15, 0.2) is 5.76 Å². The van der Waals surface area contributed by atoms with Crippen LogP contribution in [0.2, 0.25) is 0 Å². The number of piperazine rings is 1. The van der Waals surface area contributed by atoms with Crippen molar-refractivity contribution in [2.75, 3.05) is 6.54 Å². The van der Waals surface area contributed by atoms with E-state index < -0.39 is 0 Å². The minimum Gasteiger partial charge on any atom is -0.356 e. The van der Waals surface area contributed by atoms with E-state index in [4.69, 9.17) is 4.52 Å². The topological polar surface area (TPSA) is 58.4 Å². The van der Waals surface area contributed by atoms with Crippen LogP contribution < -0.4 is 5.32 Å². The molecule has 152 valence electrons. The predicted molar refractivity (Wildman–Crippen MR) is 107 cm³/mol. The molecule has 1 amide bonds. The Hall–Kier alpha value is -2.21. The van der Waals surface area contributed by atoms with Crippen molar-refractivity contribution < 1.29 is 13.7 Å². The molecule has 1 fully saturated rings. The van der Waals surface area contributed by atoms with E-state index in [0.29, 0.717) is 18.2 Å². The third kappa shape index (κ3) is 4.79. The quantitative estimate of drug-likeness (QED) is 0.834. The van der Waals surface area contributed by atoms with Gasteiger partial charge in [-0.1, -0.05) is 39.8 Å². The van der Waals surface area contributed by atoms with E-state index in [1.807, 2.05) is 6.07 Å². The van der Waals surface area contributed by atoms with E-state index >= 15 is 0 Å². The van der Waals surface area contributed by atoms with Gasteiger partial charge < -0.3 is 9.84 Å². The Morgan fingerprint density at radius 3 is 2.57 bits per heavy atom. The lowest BCUT2D eigenvalue weighted by Crippen LogP contribution is -2.63. The predicted octanol–water partition coefficient (Wildman–Crippen LogP) is 4.24. The average Bonchev–Trinajstić information content (AvgIpc) is 3.05. The number of rotatable bonds is 5. The SMILES string of the molecule is CC(C)C[C@H]1C(=O)N[C@@H](C(C)(C)C)CN1Cc1cc(-c2ccc(F)cc2)on1. The molecule has 28 heavy (non-hydrogen) atoms. The van der Waals surface area contributed by atoms with Crippen LogP contribution in [-0.2, 0) is 11.3 Å². The summed E-state index contributed by atoms with van der Waals surface area (Å²) < 4.78 is 18.6. The van der Waals surface area contributed by atoms with Gasteiger partial charge in [0.2, 0.25) is 5.91 Å². The number of amides is 1. The average molecular weight is 387 g/mol. The number of halogens is 1. The lowest BCUT2D eigenvalue weighted by Gasteiger charge is -2.44. The van der Waals surface area contributed by atoms with Crippen LogP contribution >= 0.6 is 0 Å². The third-order valence-corrected chi connectivity index (χ3v) is 5.27. The van der Waals surface area contributed by atoms with Crippen molar-refractivity contribution >= 4 is 5.91 Å². The Labute approximate surface area is 166 Å². The zero-order valence-corrected chi connectivity index (χ0v) is 17.3. The van der Waals surface area contributed by atoms with Gasteiger partial charge in [-0.15, -0.1) is 0 Å². The highest BCUT2D eigenvalue weighted by atomic mass is 19.1. The first-order valence-corrected chi connectivity index (χ1v) is 9.89. The van der Waals surface area contributed by atoms with E-state index in [0.717, 1.165) is 24.2 Å². The second-order valence-electron chi connectivity index (χ2n) is 9.19. The molecule has 2 aromatic rings. The number of hydrogen-bond donors (Lipinski definition) is 1. The number of benzene rings is 1. The highest BCUT2D eigenvalue weighted by molar-refractivity contribution is 5.83. The van der Waals surface area contributed by atoms with Crippen LogP contribution in [0.5, 0.6) is 0 Å². The second-order valence-corrected chi connectivity index (χ2v) is 9.19. The zero-order valence-electron chi connectivity index (χ0n) is 17.3. The standard InChI is InChI=1S/C22H30FN3O2/c1-14(2)10-18-21(27)24-20(22(3,4)5)13-26(18)12-17-11-19(28-25-17)15-6-8-16(23)9-7-15/h6-9,11,14,18,20H,10,12-13H2,1-5H3,(H,24,27)/t18-,20+/m0/s1. The molecule has 2 heterocycles. The fourth-order valence-corrected chi connectivity index (χ4v) is 3.55. The van der Waals surface area contributed by atoms with Gasteiger partial charge in [0, 0.05) is 30.8 Å². The Morgan fingerprint density at radius 1 is 1.29 bits per heavy atom. The maximum Gasteiger partial charge on any atom is 0.237 e. The largest absolute Gasteiger partial charge is 0.356 e. The Morgan fingerprint density at radius 2 is 1.96 bits per heavy atom. The maximum atomic E-state index is 13.1. The van der Waals surface area contributed by atoms with Gasteiger partial charge in [0.05, 0.1) is 11.7 Å². The van der Waals surface area contributed by atoms with Gasteiger partial charge >= 0.3 is 0 Å². The monoisotopic (exact) mass is 387 g/mol. The van der Waals surface area contributed by atoms with Crippen molar-refractivity contribution in [3.63, 3.8) is 0 Å². The number of nitrogens with zero attached hydrogens (tertiary/aromatic N) is 2. The van der Waals surface area contributed by atoms with Crippen molar-refractivity contribution in [2.24, 2.45) is 11.3 Å². The molecule has 1 aromatic carbocycles. The fourth-order valence-electron chi connectivity index (χ4n) is 3.55. The van der Waals surface area contributed by atoms with E-state index in [-0.39, 0.29) is 29.2 Å². The highest BCUT2D eigenvalue weighted by Crippen LogP contribution is 2.28. The molecule has 0 bridgehead atoms. The van der Waals surface area contributed by atoms with E-state index in [9.17, 15) is 9.18 Å². The molecule has 5 nitrogen and oxygen atoms in total. The molecule has 1 aromatic heterocycles. The molecule has 0 saturated carbocycles. The molecular formula is C22H30FN3O2. The van der Waals surface area contributed by atoms with E-state index in [1.54, 1.807) is 12.1 Å². The summed E-state index contributed by atoms with van der Waals surface area (Å²) in [4.78, 5) is 15.0. The molecule has 1 aliphatic heterocycles. The number of hydrogen-bond acceptors (Lipinski definition) is 4. The van der Waals surface area contributed by atoms with Gasteiger partial charge in [-0.2, -0.15) is 0 Å². The number of carbonyl (C=O) groups is 1. The minimum absolute atomic E-state index is 0.0280. The summed E-state index contributed by atoms with van der Waals surface area (Å²) in [7, 11) is 0. The first kappa shape index (κ1) is 20.5. The Bertz CT molecular complexity index is 808. The van der Waals surface area contributed by atoms with Gasteiger partial charge in [-0.05, 0) is 42.0 Å². The van der Waals surface area contributed by atoms with Crippen molar-refractivity contribution in [2.45, 2.75) is 59.7 Å². The summed E-state index contributed by atoms with van der Waals surface area (Å²) in [6, 6.07) is 7.92. The number of aromatic nitrogens is 1. The highest BCUT2D eigenvalue weighted by Gasteiger charge is 2.39. The molecule has 0 unspecified atom stereocenters. The van der Waals surface area contributed by atoms with Crippen molar-refractivity contribution in [3.8, 4) is 11.3 Å². The first-order valence-electron chi connectivity index (χ1n) is 9.89. The smallest absolute Gasteiger partial charge is 0.237 e. The molecule has 1 N–H and O–H groups in total. The summed E-state index contributed by atoms with van der Waals surface area (Å²) in [5, 5.41) is 7.40. The van der Waals surface area contributed by atoms with Crippen LogP contribution in [0.15, 0.2) is 34.9 Å². The maximum absolute atomic E-state index is 13.1. The molecule has 2 atom stereocenters. The second kappa shape index (κ2) is 8.03. The number of carbonyl (C=O) groups excluding carboxylic acids is 1. The van der Waals surface area contributed by atoms with Crippen LogP contribution in [-0.4, -0.2) is 34.6 Å². The molecular weight excluding hydrogens is 357 g/mol. The third-order valence-electron chi connectivity index (χ3n) is 5.27. The van der Waals surface area contributed by atoms with Crippen LogP contribution in [0.4, 0.5) is 4.39 Å². The van der Waals surface area contributed by atoms with Crippen LogP contribution in [0, 0.1) is 17.2 Å². The molecule has 6 heteroatoms. The summed E-state index contributed by atoms with van der Waals surface area (Å²) in [5.74, 6) is 0.815. The summed E-state index contributed by atoms with van der Waals surface area (Å²) in [6.07, 6.45) is 0.797. The summed E-state index contributed by atoms with van der Waals surface area (Å²) >= 11 is 0.